The molecule has 0 N–H and O–H groups in total. The van der Waals surface area contributed by atoms with E-state index in [1.807, 2.05) is 0 Å². The molecule has 0 heterocycles. The van der Waals surface area contributed by atoms with Crippen LogP contribution in [0.15, 0.2) is 127 Å². The van der Waals surface area contributed by atoms with Gasteiger partial charge in [-0.05, 0) is 78.9 Å². The summed E-state index contributed by atoms with van der Waals surface area (Å²) in [7, 11) is 0. The van der Waals surface area contributed by atoms with E-state index in [1.54, 1.807) is 0 Å². The van der Waals surface area contributed by atoms with Crippen LogP contribution in [0.5, 0.6) is 0 Å². The van der Waals surface area contributed by atoms with Crippen LogP contribution in [0.25, 0.3) is 61.0 Å². The van der Waals surface area contributed by atoms with Gasteiger partial charge in [0.05, 0.1) is 0 Å². The molecule has 0 aromatic heterocycles. The number of hydrogen-bond acceptors (Lipinski definition) is 0. The second-order valence-electron chi connectivity index (χ2n) is 9.60. The number of allylic oxidation sites excluding steroid dienone is 1. The molecule has 0 heteroatoms. The van der Waals surface area contributed by atoms with E-state index in [-0.39, 0.29) is 0 Å². The zero-order chi connectivity index (χ0) is 23.9. The van der Waals surface area contributed by atoms with E-state index in [4.69, 9.17) is 0 Å². The van der Waals surface area contributed by atoms with Gasteiger partial charge in [0.15, 0.2) is 0 Å². The van der Waals surface area contributed by atoms with Crippen LogP contribution in [0.2, 0.25) is 0 Å². The van der Waals surface area contributed by atoms with E-state index < -0.39 is 0 Å². The SMILES string of the molecule is C1=Cc2cccc(-c3c4ccccc4c(-c4ccc(-c5ccccc5)cc4)c4ccccc34)c2CC1. The molecule has 6 aromatic rings. The van der Waals surface area contributed by atoms with Crippen molar-refractivity contribution in [2.24, 2.45) is 0 Å². The molecule has 0 saturated carbocycles. The van der Waals surface area contributed by atoms with Gasteiger partial charge >= 0.3 is 0 Å². The maximum absolute atomic E-state index is 2.32. The predicted molar refractivity (Wildman–Crippen MR) is 155 cm³/mol. The largest absolute Gasteiger partial charge is 0.0836 e. The molecule has 0 spiro atoms. The van der Waals surface area contributed by atoms with Gasteiger partial charge in [-0.3, -0.25) is 0 Å². The Bertz CT molecular complexity index is 1700. The zero-order valence-electron chi connectivity index (χ0n) is 20.1. The molecule has 0 radical (unpaired) electrons. The molecular formula is C36H26. The fraction of sp³-hybridized carbons (Fsp3) is 0.0556. The Morgan fingerprint density at radius 2 is 0.972 bits per heavy atom. The lowest BCUT2D eigenvalue weighted by Crippen LogP contribution is -1.99. The van der Waals surface area contributed by atoms with Gasteiger partial charge in [0.1, 0.15) is 0 Å². The van der Waals surface area contributed by atoms with Crippen LogP contribution in [-0.4, -0.2) is 0 Å². The first-order valence-electron chi connectivity index (χ1n) is 12.8. The average molecular weight is 459 g/mol. The van der Waals surface area contributed by atoms with Gasteiger partial charge in [0, 0.05) is 0 Å². The smallest absolute Gasteiger partial charge is 0.00234 e. The van der Waals surface area contributed by atoms with Crippen molar-refractivity contribution in [2.75, 3.05) is 0 Å². The molecular weight excluding hydrogens is 432 g/mol. The minimum Gasteiger partial charge on any atom is -0.0836 e. The third kappa shape index (κ3) is 3.38. The Kier molecular flexibility index (Phi) is 5.03. The van der Waals surface area contributed by atoms with Crippen molar-refractivity contribution < 1.29 is 0 Å². The minimum absolute atomic E-state index is 1.09. The normalized spacial score (nSPS) is 12.7. The second-order valence-corrected chi connectivity index (χ2v) is 9.60. The van der Waals surface area contributed by atoms with Gasteiger partial charge < -0.3 is 0 Å². The molecule has 0 bridgehead atoms. The highest BCUT2D eigenvalue weighted by Crippen LogP contribution is 2.45. The summed E-state index contributed by atoms with van der Waals surface area (Å²) >= 11 is 0. The number of fused-ring (bicyclic) bond motifs is 3. The van der Waals surface area contributed by atoms with Gasteiger partial charge in [-0.1, -0.05) is 133 Å². The topological polar surface area (TPSA) is 0 Å². The van der Waals surface area contributed by atoms with Gasteiger partial charge in [0.2, 0.25) is 0 Å². The van der Waals surface area contributed by atoms with Gasteiger partial charge in [-0.15, -0.1) is 0 Å². The summed E-state index contributed by atoms with van der Waals surface area (Å²) in [5, 5.41) is 5.26. The third-order valence-corrected chi connectivity index (χ3v) is 7.55. The summed E-state index contributed by atoms with van der Waals surface area (Å²) in [5.41, 5.74) is 10.6. The molecule has 0 nitrogen and oxygen atoms in total. The Morgan fingerprint density at radius 3 is 1.64 bits per heavy atom. The highest BCUT2D eigenvalue weighted by molar-refractivity contribution is 6.21. The van der Waals surface area contributed by atoms with Gasteiger partial charge in [-0.25, -0.2) is 0 Å². The summed E-state index contributed by atoms with van der Waals surface area (Å²) in [6.45, 7) is 0. The highest BCUT2D eigenvalue weighted by Gasteiger charge is 2.19. The standard InChI is InChI=1S/C36H26/c1-2-11-25(12-3-1)26-21-23-28(24-22-26)35-31-16-6-8-18-33(31)36(34-19-9-7-17-32(34)35)30-20-10-14-27-13-4-5-15-29(27)30/h1-4,6-14,16-24H,5,15H2. The lowest BCUT2D eigenvalue weighted by Gasteiger charge is -2.21. The zero-order valence-corrected chi connectivity index (χ0v) is 20.1. The molecule has 7 rings (SSSR count). The molecule has 1 aliphatic carbocycles. The average Bonchev–Trinajstić information content (AvgIpc) is 2.96. The first kappa shape index (κ1) is 20.9. The van der Waals surface area contributed by atoms with E-state index in [0.717, 1.165) is 12.8 Å². The van der Waals surface area contributed by atoms with Crippen LogP contribution < -0.4 is 0 Å². The lowest BCUT2D eigenvalue weighted by molar-refractivity contribution is 0.988. The molecule has 0 atom stereocenters. The summed E-state index contributed by atoms with van der Waals surface area (Å²) in [6, 6.07) is 44.4. The Morgan fingerprint density at radius 1 is 0.417 bits per heavy atom. The second kappa shape index (κ2) is 8.66. The molecule has 0 saturated heterocycles. The van der Waals surface area contributed by atoms with E-state index >= 15 is 0 Å². The number of benzene rings is 6. The molecule has 0 aliphatic heterocycles. The van der Waals surface area contributed by atoms with Crippen LogP contribution >= 0.6 is 0 Å². The minimum atomic E-state index is 1.09. The van der Waals surface area contributed by atoms with Crippen molar-refractivity contribution in [1.29, 1.82) is 0 Å². The van der Waals surface area contributed by atoms with E-state index in [9.17, 15) is 0 Å². The number of hydrogen-bond donors (Lipinski definition) is 0. The fourth-order valence-electron chi connectivity index (χ4n) is 5.90. The van der Waals surface area contributed by atoms with Crippen LogP contribution in [0, 0.1) is 0 Å². The molecule has 6 aromatic carbocycles. The van der Waals surface area contributed by atoms with Crippen molar-refractivity contribution in [3.63, 3.8) is 0 Å². The van der Waals surface area contributed by atoms with Crippen molar-refractivity contribution in [1.82, 2.24) is 0 Å². The van der Waals surface area contributed by atoms with Gasteiger partial charge in [-0.2, -0.15) is 0 Å². The van der Waals surface area contributed by atoms with Crippen LogP contribution in [0.4, 0.5) is 0 Å². The first-order valence-corrected chi connectivity index (χ1v) is 12.8. The molecule has 0 fully saturated rings. The van der Waals surface area contributed by atoms with Crippen LogP contribution in [-0.2, 0) is 6.42 Å². The molecule has 1 aliphatic rings. The van der Waals surface area contributed by atoms with Crippen LogP contribution in [0.1, 0.15) is 17.5 Å². The monoisotopic (exact) mass is 458 g/mol. The Labute approximate surface area is 212 Å². The number of rotatable bonds is 3. The maximum Gasteiger partial charge on any atom is -0.00234 e. The Balaban J connectivity index is 1.52. The van der Waals surface area contributed by atoms with Crippen molar-refractivity contribution in [3.05, 3.63) is 139 Å². The van der Waals surface area contributed by atoms with E-state index in [0.29, 0.717) is 0 Å². The maximum atomic E-state index is 2.32. The third-order valence-electron chi connectivity index (χ3n) is 7.55. The lowest BCUT2D eigenvalue weighted by atomic mass is 9.82. The summed E-state index contributed by atoms with van der Waals surface area (Å²) in [5.74, 6) is 0. The first-order chi connectivity index (χ1) is 17.9. The van der Waals surface area contributed by atoms with E-state index in [2.05, 4.69) is 133 Å². The van der Waals surface area contributed by atoms with E-state index in [1.165, 1.54) is 66.1 Å². The van der Waals surface area contributed by atoms with Crippen molar-refractivity contribution in [2.45, 2.75) is 12.8 Å². The van der Waals surface area contributed by atoms with Gasteiger partial charge in [0.25, 0.3) is 0 Å². The molecule has 0 unspecified atom stereocenters. The highest BCUT2D eigenvalue weighted by atomic mass is 14.2. The molecule has 0 amide bonds. The predicted octanol–water partition coefficient (Wildman–Crippen LogP) is 9.95. The van der Waals surface area contributed by atoms with Crippen molar-refractivity contribution >= 4 is 27.6 Å². The Hall–Kier alpha value is -4.42. The summed E-state index contributed by atoms with van der Waals surface area (Å²) in [4.78, 5) is 0. The molecule has 36 heavy (non-hydrogen) atoms. The fourth-order valence-corrected chi connectivity index (χ4v) is 5.90. The van der Waals surface area contributed by atoms with Crippen LogP contribution in [0.3, 0.4) is 0 Å². The van der Waals surface area contributed by atoms with Crippen molar-refractivity contribution in [3.8, 4) is 33.4 Å². The summed E-state index contributed by atoms with van der Waals surface area (Å²) < 4.78 is 0. The quantitative estimate of drug-likeness (QED) is 0.231. The molecule has 170 valence electrons. The summed E-state index contributed by atoms with van der Waals surface area (Å²) in [6.07, 6.45) is 6.78.